The molecule has 3 N–H and O–H groups in total. The summed E-state index contributed by atoms with van der Waals surface area (Å²) >= 11 is 0. The smallest absolute Gasteiger partial charge is 0.226 e. The summed E-state index contributed by atoms with van der Waals surface area (Å²) < 4.78 is 10.5. The van der Waals surface area contributed by atoms with Crippen molar-refractivity contribution < 1.29 is 13.9 Å². The van der Waals surface area contributed by atoms with E-state index in [4.69, 9.17) is 14.9 Å². The fraction of sp³-hybridized carbons (Fsp3) is 0.615. The Bertz CT molecular complexity index is 347. The molecule has 1 aromatic rings. The number of carbonyl (C=O) groups excluding carboxylic acids is 1. The molecule has 0 radical (unpaired) electrons. The van der Waals surface area contributed by atoms with Crippen LogP contribution in [0.3, 0.4) is 0 Å². The number of hydrogen-bond donors (Lipinski definition) is 2. The summed E-state index contributed by atoms with van der Waals surface area (Å²) in [6, 6.07) is 3.69. The van der Waals surface area contributed by atoms with E-state index in [0.717, 1.165) is 12.2 Å². The van der Waals surface area contributed by atoms with Crippen molar-refractivity contribution in [2.75, 3.05) is 19.7 Å². The Morgan fingerprint density at radius 2 is 2.33 bits per heavy atom. The standard InChI is InChI=1S/C13H22N2O3/c1-13(2,10-14)12(16)15-6-4-7-17-9-11-5-3-8-18-11/h3,5,8H,4,6-7,9-10,14H2,1-2H3,(H,15,16). The largest absolute Gasteiger partial charge is 0.467 e. The lowest BCUT2D eigenvalue weighted by molar-refractivity contribution is -0.128. The van der Waals surface area contributed by atoms with E-state index in [1.165, 1.54) is 0 Å². The molecule has 0 unspecified atom stereocenters. The Morgan fingerprint density at radius 1 is 1.56 bits per heavy atom. The lowest BCUT2D eigenvalue weighted by atomic mass is 9.93. The molecule has 1 amide bonds. The molecule has 18 heavy (non-hydrogen) atoms. The zero-order chi connectivity index (χ0) is 13.4. The van der Waals surface area contributed by atoms with Gasteiger partial charge in [0.25, 0.3) is 0 Å². The molecule has 0 aliphatic carbocycles. The van der Waals surface area contributed by atoms with Gasteiger partial charge in [0, 0.05) is 19.7 Å². The highest BCUT2D eigenvalue weighted by atomic mass is 16.5. The van der Waals surface area contributed by atoms with Crippen molar-refractivity contribution in [3.63, 3.8) is 0 Å². The van der Waals surface area contributed by atoms with E-state index >= 15 is 0 Å². The molecule has 0 fully saturated rings. The van der Waals surface area contributed by atoms with Gasteiger partial charge in [0.05, 0.1) is 11.7 Å². The monoisotopic (exact) mass is 254 g/mol. The summed E-state index contributed by atoms with van der Waals surface area (Å²) in [7, 11) is 0. The molecule has 0 bridgehead atoms. The van der Waals surface area contributed by atoms with Crippen molar-refractivity contribution in [2.45, 2.75) is 26.9 Å². The summed E-state index contributed by atoms with van der Waals surface area (Å²) in [5.41, 5.74) is 5.01. The molecule has 5 heteroatoms. The van der Waals surface area contributed by atoms with Gasteiger partial charge in [0.2, 0.25) is 5.91 Å². The quantitative estimate of drug-likeness (QED) is 0.685. The zero-order valence-corrected chi connectivity index (χ0v) is 11.1. The highest BCUT2D eigenvalue weighted by Crippen LogP contribution is 2.11. The van der Waals surface area contributed by atoms with E-state index in [9.17, 15) is 4.79 Å². The van der Waals surface area contributed by atoms with Crippen molar-refractivity contribution in [1.82, 2.24) is 5.32 Å². The lowest BCUT2D eigenvalue weighted by Gasteiger charge is -2.21. The minimum atomic E-state index is -0.505. The predicted octanol–water partition coefficient (Wildman–Crippen LogP) is 1.29. The van der Waals surface area contributed by atoms with Crippen LogP contribution in [-0.2, 0) is 16.1 Å². The number of carbonyl (C=O) groups is 1. The average Bonchev–Trinajstić information content (AvgIpc) is 2.86. The first-order valence-electron chi connectivity index (χ1n) is 6.15. The van der Waals surface area contributed by atoms with Gasteiger partial charge in [-0.3, -0.25) is 4.79 Å². The molecule has 0 aliphatic heterocycles. The van der Waals surface area contributed by atoms with Crippen LogP contribution in [0.25, 0.3) is 0 Å². The molecular weight excluding hydrogens is 232 g/mol. The van der Waals surface area contributed by atoms with Crippen molar-refractivity contribution in [1.29, 1.82) is 0 Å². The highest BCUT2D eigenvalue weighted by Gasteiger charge is 2.24. The Labute approximate surface area is 108 Å². The number of rotatable bonds is 8. The van der Waals surface area contributed by atoms with Gasteiger partial charge >= 0.3 is 0 Å². The lowest BCUT2D eigenvalue weighted by Crippen LogP contribution is -2.42. The zero-order valence-electron chi connectivity index (χ0n) is 11.1. The molecule has 0 aliphatic rings. The molecule has 5 nitrogen and oxygen atoms in total. The van der Waals surface area contributed by atoms with E-state index in [2.05, 4.69) is 5.32 Å². The summed E-state index contributed by atoms with van der Waals surface area (Å²) in [4.78, 5) is 11.7. The van der Waals surface area contributed by atoms with Crippen LogP contribution in [0.2, 0.25) is 0 Å². The van der Waals surface area contributed by atoms with Gasteiger partial charge < -0.3 is 20.2 Å². The minimum Gasteiger partial charge on any atom is -0.467 e. The SMILES string of the molecule is CC(C)(CN)C(=O)NCCCOCc1ccco1. The van der Waals surface area contributed by atoms with Crippen LogP contribution in [-0.4, -0.2) is 25.6 Å². The topological polar surface area (TPSA) is 77.5 Å². The first-order chi connectivity index (χ1) is 8.56. The Hall–Kier alpha value is -1.33. The molecule has 0 saturated heterocycles. The van der Waals surface area contributed by atoms with Gasteiger partial charge in [0.15, 0.2) is 0 Å². The Balaban J connectivity index is 2.03. The van der Waals surface area contributed by atoms with Gasteiger partial charge in [-0.15, -0.1) is 0 Å². The van der Waals surface area contributed by atoms with Crippen molar-refractivity contribution >= 4 is 5.91 Å². The fourth-order valence-corrected chi connectivity index (χ4v) is 1.28. The van der Waals surface area contributed by atoms with E-state index in [0.29, 0.717) is 26.3 Å². The number of amides is 1. The van der Waals surface area contributed by atoms with Crippen molar-refractivity contribution in [2.24, 2.45) is 11.1 Å². The van der Waals surface area contributed by atoms with E-state index in [-0.39, 0.29) is 5.91 Å². The van der Waals surface area contributed by atoms with Crippen LogP contribution in [0, 0.1) is 5.41 Å². The maximum absolute atomic E-state index is 11.7. The summed E-state index contributed by atoms with van der Waals surface area (Å²) in [6.45, 7) is 5.65. The van der Waals surface area contributed by atoms with Gasteiger partial charge in [0.1, 0.15) is 12.4 Å². The van der Waals surface area contributed by atoms with Crippen LogP contribution in [0.5, 0.6) is 0 Å². The third-order valence-corrected chi connectivity index (χ3v) is 2.70. The third-order valence-electron chi connectivity index (χ3n) is 2.70. The Kier molecular flexibility index (Phi) is 5.88. The van der Waals surface area contributed by atoms with Gasteiger partial charge in [-0.25, -0.2) is 0 Å². The van der Waals surface area contributed by atoms with Crippen LogP contribution in [0.15, 0.2) is 22.8 Å². The summed E-state index contributed by atoms with van der Waals surface area (Å²) in [6.07, 6.45) is 2.39. The van der Waals surface area contributed by atoms with Gasteiger partial charge in [-0.05, 0) is 32.4 Å². The molecule has 0 spiro atoms. The molecular formula is C13H22N2O3. The fourth-order valence-electron chi connectivity index (χ4n) is 1.28. The van der Waals surface area contributed by atoms with Crippen molar-refractivity contribution in [3.05, 3.63) is 24.2 Å². The highest BCUT2D eigenvalue weighted by molar-refractivity contribution is 5.81. The molecule has 102 valence electrons. The van der Waals surface area contributed by atoms with Gasteiger partial charge in [-0.2, -0.15) is 0 Å². The van der Waals surface area contributed by atoms with Crippen LogP contribution >= 0.6 is 0 Å². The minimum absolute atomic E-state index is 0.0176. The predicted molar refractivity (Wildman–Crippen MR) is 68.8 cm³/mol. The van der Waals surface area contributed by atoms with E-state index in [1.807, 2.05) is 26.0 Å². The summed E-state index contributed by atoms with van der Waals surface area (Å²) in [5, 5.41) is 2.85. The first-order valence-corrected chi connectivity index (χ1v) is 6.15. The second kappa shape index (κ2) is 7.18. The van der Waals surface area contributed by atoms with Crippen molar-refractivity contribution in [3.8, 4) is 0 Å². The van der Waals surface area contributed by atoms with E-state index in [1.54, 1.807) is 6.26 Å². The molecule has 1 rings (SSSR count). The Morgan fingerprint density at radius 3 is 2.94 bits per heavy atom. The maximum Gasteiger partial charge on any atom is 0.226 e. The summed E-state index contributed by atoms with van der Waals surface area (Å²) in [5.74, 6) is 0.791. The molecule has 0 atom stereocenters. The van der Waals surface area contributed by atoms with Crippen LogP contribution in [0.1, 0.15) is 26.0 Å². The number of hydrogen-bond acceptors (Lipinski definition) is 4. The van der Waals surface area contributed by atoms with Crippen LogP contribution in [0.4, 0.5) is 0 Å². The molecule has 1 heterocycles. The number of nitrogens with two attached hydrogens (primary N) is 1. The van der Waals surface area contributed by atoms with Crippen LogP contribution < -0.4 is 11.1 Å². The second-order valence-corrected chi connectivity index (χ2v) is 4.83. The number of nitrogens with one attached hydrogen (secondary N) is 1. The molecule has 0 aromatic carbocycles. The maximum atomic E-state index is 11.7. The molecule has 1 aromatic heterocycles. The first kappa shape index (κ1) is 14.7. The molecule has 0 saturated carbocycles. The third kappa shape index (κ3) is 4.89. The normalized spacial score (nSPS) is 11.5. The van der Waals surface area contributed by atoms with E-state index < -0.39 is 5.41 Å². The van der Waals surface area contributed by atoms with Gasteiger partial charge in [-0.1, -0.05) is 0 Å². The second-order valence-electron chi connectivity index (χ2n) is 4.83. The average molecular weight is 254 g/mol. The number of ether oxygens (including phenoxy) is 1. The number of furan rings is 1.